The maximum atomic E-state index is 6.52. The van der Waals surface area contributed by atoms with Gasteiger partial charge in [0.25, 0.3) is 0 Å². The van der Waals surface area contributed by atoms with E-state index in [2.05, 4.69) is 28.0 Å². The van der Waals surface area contributed by atoms with Gasteiger partial charge in [-0.15, -0.1) is 0 Å². The number of anilines is 1. The number of nitrogen functional groups attached to an aromatic ring is 1. The van der Waals surface area contributed by atoms with Crippen molar-refractivity contribution in [2.24, 2.45) is 0 Å². The van der Waals surface area contributed by atoms with Crippen LogP contribution in [0.3, 0.4) is 0 Å². The molecule has 0 unspecified atom stereocenters. The Bertz CT molecular complexity index is 924. The molecule has 0 bridgehead atoms. The van der Waals surface area contributed by atoms with E-state index in [0.29, 0.717) is 23.7 Å². The lowest BCUT2D eigenvalue weighted by Gasteiger charge is -2.33. The van der Waals surface area contributed by atoms with Gasteiger partial charge in [-0.3, -0.25) is 4.57 Å². The molecule has 2 aromatic heterocycles. The van der Waals surface area contributed by atoms with Gasteiger partial charge in [-0.05, 0) is 54.6 Å². The van der Waals surface area contributed by atoms with Crippen LogP contribution in [-0.2, 0) is 18.6 Å². The first-order valence-corrected chi connectivity index (χ1v) is 13.7. The van der Waals surface area contributed by atoms with Gasteiger partial charge in [-0.25, -0.2) is 4.98 Å². The van der Waals surface area contributed by atoms with Crippen molar-refractivity contribution in [1.29, 1.82) is 0 Å². The van der Waals surface area contributed by atoms with E-state index in [1.165, 1.54) is 7.11 Å². The van der Waals surface area contributed by atoms with Crippen LogP contribution < -0.4 is 10.5 Å². The third kappa shape index (κ3) is 5.76. The first-order valence-electron chi connectivity index (χ1n) is 11.0. The summed E-state index contributed by atoms with van der Waals surface area (Å²) in [6.45, 7) is 16.7. The monoisotopic (exact) mass is 467 g/mol. The van der Waals surface area contributed by atoms with E-state index in [9.17, 15) is 0 Å². The highest BCUT2D eigenvalue weighted by Crippen LogP contribution is 2.38. The van der Waals surface area contributed by atoms with Crippen LogP contribution in [0.4, 0.5) is 5.95 Å². The van der Waals surface area contributed by atoms with Crippen LogP contribution in [-0.4, -0.2) is 71.8 Å². The van der Waals surface area contributed by atoms with E-state index >= 15 is 0 Å². The normalized spacial score (nSPS) is 24.6. The molecule has 0 spiro atoms. The molecular formula is C21H37N5O5Si. The fourth-order valence-electron chi connectivity index (χ4n) is 3.64. The summed E-state index contributed by atoms with van der Waals surface area (Å²) in [5.74, 6) is 0.412. The molecule has 4 atom stereocenters. The summed E-state index contributed by atoms with van der Waals surface area (Å²) in [4.78, 5) is 13.0. The van der Waals surface area contributed by atoms with Crippen molar-refractivity contribution in [2.45, 2.75) is 90.4 Å². The fraction of sp³-hybridized carbons (Fsp3) is 0.762. The number of hydrogen-bond acceptors (Lipinski definition) is 9. The van der Waals surface area contributed by atoms with Crippen molar-refractivity contribution >= 4 is 26.2 Å². The highest BCUT2D eigenvalue weighted by Gasteiger charge is 2.49. The van der Waals surface area contributed by atoms with Gasteiger partial charge in [0.15, 0.2) is 26.4 Å². The van der Waals surface area contributed by atoms with Gasteiger partial charge in [-0.2, -0.15) is 9.97 Å². The molecule has 3 rings (SSSR count). The number of nitrogens with two attached hydrogens (primary N) is 1. The summed E-state index contributed by atoms with van der Waals surface area (Å²) in [5.41, 5.74) is 6.24. The van der Waals surface area contributed by atoms with Crippen molar-refractivity contribution in [2.75, 3.05) is 19.5 Å². The molecule has 3 heterocycles. The van der Waals surface area contributed by atoms with Gasteiger partial charge in [0.1, 0.15) is 18.3 Å². The molecular weight excluding hydrogens is 430 g/mol. The second-order valence-corrected chi connectivity index (χ2v) is 12.6. The molecule has 1 fully saturated rings. The molecule has 1 saturated heterocycles. The van der Waals surface area contributed by atoms with Crippen molar-refractivity contribution in [1.82, 2.24) is 19.5 Å². The quantitative estimate of drug-likeness (QED) is 0.613. The Morgan fingerprint density at radius 1 is 1.09 bits per heavy atom. The largest absolute Gasteiger partial charge is 0.479 e. The van der Waals surface area contributed by atoms with Gasteiger partial charge >= 0.3 is 0 Å². The summed E-state index contributed by atoms with van der Waals surface area (Å²) in [7, 11) is 0.0650. The molecule has 0 aliphatic carbocycles. The van der Waals surface area contributed by atoms with Crippen LogP contribution in [0.25, 0.3) is 11.2 Å². The van der Waals surface area contributed by atoms with Crippen LogP contribution in [0.5, 0.6) is 5.88 Å². The lowest BCUT2D eigenvalue weighted by atomic mass is 10.1. The van der Waals surface area contributed by atoms with Crippen LogP contribution >= 0.6 is 0 Å². The third-order valence-corrected chi connectivity index (χ3v) is 5.62. The van der Waals surface area contributed by atoms with Crippen LogP contribution in [0.15, 0.2) is 6.33 Å². The second-order valence-electron chi connectivity index (χ2n) is 10.2. The highest BCUT2D eigenvalue weighted by molar-refractivity contribution is 6.48. The van der Waals surface area contributed by atoms with E-state index in [4.69, 9.17) is 29.1 Å². The van der Waals surface area contributed by atoms with Gasteiger partial charge in [-0.1, -0.05) is 0 Å². The zero-order chi connectivity index (χ0) is 23.8. The molecule has 180 valence electrons. The number of nitrogens with zero attached hydrogens (tertiary/aromatic N) is 4. The van der Waals surface area contributed by atoms with Crippen LogP contribution in [0.1, 0.15) is 47.8 Å². The van der Waals surface area contributed by atoms with Gasteiger partial charge in [0.2, 0.25) is 11.8 Å². The van der Waals surface area contributed by atoms with E-state index in [1.54, 1.807) is 6.33 Å². The topological polar surface area (TPSA) is 116 Å². The van der Waals surface area contributed by atoms with Crippen molar-refractivity contribution in [3.63, 3.8) is 0 Å². The molecule has 2 N–H and O–H groups in total. The summed E-state index contributed by atoms with van der Waals surface area (Å²) in [5, 5.41) is 0. The number of imidazole rings is 1. The molecule has 1 aliphatic rings. The molecule has 0 radical (unpaired) electrons. The van der Waals surface area contributed by atoms with Gasteiger partial charge in [0, 0.05) is 0 Å². The van der Waals surface area contributed by atoms with Crippen molar-refractivity contribution in [3.8, 4) is 5.88 Å². The fourth-order valence-corrected chi connectivity index (χ4v) is 4.56. The Morgan fingerprint density at radius 3 is 2.34 bits per heavy atom. The zero-order valence-electron chi connectivity index (χ0n) is 20.6. The number of rotatable bonds is 7. The summed E-state index contributed by atoms with van der Waals surface area (Å²) in [6, 6.07) is 0. The predicted octanol–water partition coefficient (Wildman–Crippen LogP) is 2.68. The van der Waals surface area contributed by atoms with E-state index in [-0.39, 0.29) is 29.9 Å². The lowest BCUT2D eigenvalue weighted by Crippen LogP contribution is -2.45. The molecule has 0 amide bonds. The molecule has 11 heteroatoms. The maximum Gasteiger partial charge on any atom is 0.246 e. The molecule has 32 heavy (non-hydrogen) atoms. The Kier molecular flexibility index (Phi) is 7.16. The van der Waals surface area contributed by atoms with Crippen molar-refractivity contribution in [3.05, 3.63) is 6.33 Å². The molecule has 0 aromatic carbocycles. The number of ether oxygens (including phenoxy) is 4. The van der Waals surface area contributed by atoms with E-state index < -0.39 is 20.9 Å². The van der Waals surface area contributed by atoms with Gasteiger partial charge < -0.3 is 29.1 Å². The maximum absolute atomic E-state index is 6.52. The lowest BCUT2D eigenvalue weighted by molar-refractivity contribution is -0.137. The van der Waals surface area contributed by atoms with Crippen molar-refractivity contribution < 1.29 is 23.4 Å². The minimum Gasteiger partial charge on any atom is -0.479 e. The summed E-state index contributed by atoms with van der Waals surface area (Å²) < 4.78 is 32.7. The average molecular weight is 468 g/mol. The molecule has 0 saturated carbocycles. The Morgan fingerprint density at radius 2 is 1.78 bits per heavy atom. The first kappa shape index (κ1) is 24.8. The average Bonchev–Trinajstić information content (AvgIpc) is 3.19. The second kappa shape index (κ2) is 9.22. The van der Waals surface area contributed by atoms with Gasteiger partial charge in [0.05, 0.1) is 31.2 Å². The number of methoxy groups -OCH3 is 1. The van der Waals surface area contributed by atoms with Crippen LogP contribution in [0.2, 0.25) is 13.1 Å². The van der Waals surface area contributed by atoms with E-state index in [1.807, 2.05) is 46.1 Å². The molecule has 1 aliphatic heterocycles. The Labute approximate surface area is 191 Å². The minimum atomic E-state index is -1.46. The third-order valence-electron chi connectivity index (χ3n) is 4.76. The minimum absolute atomic E-state index is 0.0971. The Balaban J connectivity index is 2.05. The smallest absolute Gasteiger partial charge is 0.246 e. The number of aromatic nitrogens is 4. The summed E-state index contributed by atoms with van der Waals surface area (Å²) >= 11 is 0. The predicted molar refractivity (Wildman–Crippen MR) is 124 cm³/mol. The number of hydrogen-bond donors (Lipinski definition) is 1. The summed E-state index contributed by atoms with van der Waals surface area (Å²) in [6.07, 6.45) is 0.0973. The van der Waals surface area contributed by atoms with Crippen LogP contribution in [0, 0.1) is 0 Å². The molecule has 10 nitrogen and oxygen atoms in total. The first-order chi connectivity index (χ1) is 14.8. The zero-order valence-corrected chi connectivity index (χ0v) is 21.7. The number of fused-ring (bicyclic) bond motifs is 1. The van der Waals surface area contributed by atoms with E-state index in [0.717, 1.165) is 0 Å². The Hall–Kier alpha value is -1.79. The highest BCUT2D eigenvalue weighted by atomic mass is 28.3. The molecule has 2 aromatic rings. The standard InChI is InChI=1S/C21H37N5O5Si/c1-20(2,3)28-10-12-14(30-21(4,5)6)15(31-32(8)9)18(29-12)26-11-23-13-16(26)24-19(22)25-17(13)27-7/h11-12,14-15,18,32H,10H2,1-9H3,(H2,22,24,25)/t12-,14-,15+,18-/m1/s1. The SMILES string of the molecule is COc1nc(N)nc2c1ncn2[C@@H]1O[C@H](COC(C)(C)C)[C@@H](OC(C)(C)C)[C@@H]1O[SiH](C)C.